The molecule has 2 heterocycles. The van der Waals surface area contributed by atoms with Gasteiger partial charge in [-0.1, -0.05) is 237 Å². The van der Waals surface area contributed by atoms with Crippen molar-refractivity contribution < 1.29 is 0 Å². The van der Waals surface area contributed by atoms with Crippen molar-refractivity contribution in [1.29, 1.82) is 0 Å². The van der Waals surface area contributed by atoms with Crippen molar-refractivity contribution in [2.45, 2.75) is 5.41 Å². The third kappa shape index (κ3) is 6.92. The summed E-state index contributed by atoms with van der Waals surface area (Å²) in [4.78, 5) is 5.81. The van der Waals surface area contributed by atoms with Gasteiger partial charge < -0.3 is 4.57 Å². The summed E-state index contributed by atoms with van der Waals surface area (Å²) in [6.07, 6.45) is 0. The van der Waals surface area contributed by atoms with Gasteiger partial charge >= 0.3 is 0 Å². The zero-order chi connectivity index (χ0) is 50.2. The monoisotopic (exact) mass is 964 g/mol. The standard InChI is InChI=1S/C74H48N2/c1-5-21-49(22-6-1)51-37-40-66-65-34-18-20-36-72(65)76(73(66)48-51)59-42-55(67-44-52-25-13-14-30-60(52)61-31-15-16-32-62(61)67)41-56(43-59)71-47-54(50-23-7-2-8-24-50)46-70(75-71)53-38-39-64-63-33-17-19-35-68(63)74(69(64)45-53,57-26-9-3-10-27-57)58-28-11-4-12-29-58/h1-48H. The van der Waals surface area contributed by atoms with Crippen LogP contribution in [0.2, 0.25) is 0 Å². The van der Waals surface area contributed by atoms with Gasteiger partial charge in [0.25, 0.3) is 0 Å². The van der Waals surface area contributed by atoms with Crippen LogP contribution >= 0.6 is 0 Å². The summed E-state index contributed by atoms with van der Waals surface area (Å²) in [6, 6.07) is 107. The van der Waals surface area contributed by atoms with Gasteiger partial charge in [-0.05, 0) is 143 Å². The number of hydrogen-bond acceptors (Lipinski definition) is 1. The van der Waals surface area contributed by atoms with Crippen LogP contribution in [0.1, 0.15) is 22.3 Å². The molecule has 0 spiro atoms. The number of nitrogens with zero attached hydrogens (tertiary/aromatic N) is 2. The summed E-state index contributed by atoms with van der Waals surface area (Å²) in [5, 5.41) is 7.33. The van der Waals surface area contributed by atoms with Crippen LogP contribution in [0.3, 0.4) is 0 Å². The Hall–Kier alpha value is -9.89. The molecular formula is C74H48N2. The number of fused-ring (bicyclic) bond motifs is 9. The average Bonchev–Trinajstić information content (AvgIpc) is 4.17. The van der Waals surface area contributed by atoms with Crippen LogP contribution in [0.5, 0.6) is 0 Å². The molecule has 0 saturated carbocycles. The Morgan fingerprint density at radius 1 is 0.263 bits per heavy atom. The first-order chi connectivity index (χ1) is 37.7. The smallest absolute Gasteiger partial charge is 0.0716 e. The first-order valence-corrected chi connectivity index (χ1v) is 26.3. The van der Waals surface area contributed by atoms with Crippen molar-refractivity contribution in [2.75, 3.05) is 0 Å². The van der Waals surface area contributed by atoms with Crippen LogP contribution in [-0.2, 0) is 5.41 Å². The van der Waals surface area contributed by atoms with Crippen LogP contribution < -0.4 is 0 Å². The minimum Gasteiger partial charge on any atom is -0.309 e. The minimum atomic E-state index is -0.543. The molecule has 14 aromatic rings. The zero-order valence-electron chi connectivity index (χ0n) is 41.6. The second kappa shape index (κ2) is 17.7. The highest BCUT2D eigenvalue weighted by molar-refractivity contribution is 6.14. The van der Waals surface area contributed by atoms with Gasteiger partial charge in [-0.2, -0.15) is 0 Å². The lowest BCUT2D eigenvalue weighted by molar-refractivity contribution is 0.768. The fourth-order valence-electron chi connectivity index (χ4n) is 12.6. The van der Waals surface area contributed by atoms with E-state index >= 15 is 0 Å². The van der Waals surface area contributed by atoms with Crippen LogP contribution in [0.4, 0.5) is 0 Å². The van der Waals surface area contributed by atoms with E-state index in [4.69, 9.17) is 4.98 Å². The van der Waals surface area contributed by atoms with Gasteiger partial charge in [0.2, 0.25) is 0 Å². The Kier molecular flexibility index (Phi) is 10.1. The van der Waals surface area contributed by atoms with Gasteiger partial charge in [0.05, 0.1) is 27.8 Å². The van der Waals surface area contributed by atoms with Crippen LogP contribution in [-0.4, -0.2) is 9.55 Å². The van der Waals surface area contributed by atoms with E-state index < -0.39 is 5.41 Å². The normalized spacial score (nSPS) is 12.6. The summed E-state index contributed by atoms with van der Waals surface area (Å²) >= 11 is 0. The van der Waals surface area contributed by atoms with Crippen LogP contribution in [0, 0.1) is 0 Å². The number of rotatable bonds is 8. The molecule has 76 heavy (non-hydrogen) atoms. The number of aromatic nitrogens is 2. The summed E-state index contributed by atoms with van der Waals surface area (Å²) in [5.41, 5.74) is 21.2. The maximum Gasteiger partial charge on any atom is 0.0716 e. The minimum absolute atomic E-state index is 0.543. The molecule has 0 amide bonds. The van der Waals surface area contributed by atoms with E-state index in [0.29, 0.717) is 0 Å². The Labute approximate surface area is 442 Å². The Balaban J connectivity index is 1.01. The Bertz CT molecular complexity index is 4510. The Morgan fingerprint density at radius 3 is 1.54 bits per heavy atom. The molecule has 2 aromatic heterocycles. The van der Waals surface area contributed by atoms with Crippen molar-refractivity contribution in [1.82, 2.24) is 9.55 Å². The molecule has 1 aliphatic carbocycles. The van der Waals surface area contributed by atoms with E-state index in [-0.39, 0.29) is 0 Å². The van der Waals surface area contributed by atoms with Crippen LogP contribution in [0.25, 0.3) is 116 Å². The van der Waals surface area contributed by atoms with E-state index in [2.05, 4.69) is 296 Å². The van der Waals surface area contributed by atoms with Crippen molar-refractivity contribution in [3.05, 3.63) is 313 Å². The molecule has 0 bridgehead atoms. The molecule has 0 saturated heterocycles. The first-order valence-electron chi connectivity index (χ1n) is 26.3. The number of hydrogen-bond donors (Lipinski definition) is 0. The average molecular weight is 965 g/mol. The Morgan fingerprint density at radius 2 is 0.803 bits per heavy atom. The van der Waals surface area contributed by atoms with Gasteiger partial charge in [0.15, 0.2) is 0 Å². The fraction of sp³-hybridized carbons (Fsp3) is 0.0135. The molecule has 0 aliphatic heterocycles. The molecule has 2 nitrogen and oxygen atoms in total. The maximum atomic E-state index is 5.81. The predicted octanol–water partition coefficient (Wildman–Crippen LogP) is 19.2. The molecule has 0 fully saturated rings. The van der Waals surface area contributed by atoms with Crippen molar-refractivity contribution >= 4 is 43.4 Å². The fourth-order valence-corrected chi connectivity index (χ4v) is 12.6. The van der Waals surface area contributed by atoms with Gasteiger partial charge in [-0.3, -0.25) is 0 Å². The summed E-state index contributed by atoms with van der Waals surface area (Å²) in [7, 11) is 0. The summed E-state index contributed by atoms with van der Waals surface area (Å²) in [6.45, 7) is 0. The number of para-hydroxylation sites is 1. The highest BCUT2D eigenvalue weighted by Gasteiger charge is 2.46. The van der Waals surface area contributed by atoms with Crippen molar-refractivity contribution in [2.24, 2.45) is 0 Å². The largest absolute Gasteiger partial charge is 0.309 e. The van der Waals surface area contributed by atoms with Gasteiger partial charge in [0.1, 0.15) is 0 Å². The molecule has 12 aromatic carbocycles. The van der Waals surface area contributed by atoms with Gasteiger partial charge in [-0.15, -0.1) is 0 Å². The van der Waals surface area contributed by atoms with Crippen molar-refractivity contribution in [3.63, 3.8) is 0 Å². The second-order valence-corrected chi connectivity index (χ2v) is 20.2. The SMILES string of the molecule is c1ccc(-c2cc(-c3cc(-c4cc5ccccc5c5ccccc45)cc(-n4c5ccccc5c5ccc(-c6ccccc6)cc54)c3)nc(-c3ccc4c(c3)C(c3ccccc3)(c3ccccc3)c3ccccc3-4)c2)cc1. The zero-order valence-corrected chi connectivity index (χ0v) is 41.6. The van der Waals surface area contributed by atoms with Crippen LogP contribution in [0.15, 0.2) is 291 Å². The molecule has 2 heteroatoms. The molecule has 1 aliphatic rings. The van der Waals surface area contributed by atoms with E-state index in [1.165, 1.54) is 82.4 Å². The van der Waals surface area contributed by atoms with E-state index in [9.17, 15) is 0 Å². The van der Waals surface area contributed by atoms with E-state index in [1.54, 1.807) is 0 Å². The molecular weight excluding hydrogens is 917 g/mol. The van der Waals surface area contributed by atoms with E-state index in [1.807, 2.05) is 0 Å². The second-order valence-electron chi connectivity index (χ2n) is 20.2. The number of pyridine rings is 1. The maximum absolute atomic E-state index is 5.81. The van der Waals surface area contributed by atoms with Gasteiger partial charge in [-0.25, -0.2) is 4.98 Å². The molecule has 0 radical (unpaired) electrons. The lowest BCUT2D eigenvalue weighted by atomic mass is 9.67. The first kappa shape index (κ1) is 43.7. The number of benzene rings is 12. The highest BCUT2D eigenvalue weighted by Crippen LogP contribution is 2.57. The lowest BCUT2D eigenvalue weighted by Crippen LogP contribution is -2.28. The topological polar surface area (TPSA) is 17.8 Å². The highest BCUT2D eigenvalue weighted by atomic mass is 15.0. The molecule has 15 rings (SSSR count). The third-order valence-electron chi connectivity index (χ3n) is 16.0. The van der Waals surface area contributed by atoms with E-state index in [0.717, 1.165) is 55.9 Å². The predicted molar refractivity (Wildman–Crippen MR) is 318 cm³/mol. The molecule has 0 atom stereocenters. The van der Waals surface area contributed by atoms with Crippen molar-refractivity contribution in [3.8, 4) is 72.7 Å². The summed E-state index contributed by atoms with van der Waals surface area (Å²) in [5.74, 6) is 0. The summed E-state index contributed by atoms with van der Waals surface area (Å²) < 4.78 is 2.47. The van der Waals surface area contributed by atoms with Gasteiger partial charge in [0, 0.05) is 27.6 Å². The molecule has 0 N–H and O–H groups in total. The lowest BCUT2D eigenvalue weighted by Gasteiger charge is -2.34. The molecule has 354 valence electrons. The molecule has 0 unspecified atom stereocenters. The third-order valence-corrected chi connectivity index (χ3v) is 16.0. The quantitative estimate of drug-likeness (QED) is 0.139.